The van der Waals surface area contributed by atoms with E-state index in [4.69, 9.17) is 0 Å². The topological polar surface area (TPSA) is 49.3 Å². The molecule has 1 atom stereocenters. The molecule has 0 saturated heterocycles. The fourth-order valence-electron chi connectivity index (χ4n) is 1.78. The molecular formula is C14H21NO2. The molecule has 1 aromatic rings. The molecule has 17 heavy (non-hydrogen) atoms. The van der Waals surface area contributed by atoms with E-state index in [0.717, 1.165) is 11.1 Å². The lowest BCUT2D eigenvalue weighted by Gasteiger charge is -2.20. The van der Waals surface area contributed by atoms with Gasteiger partial charge >= 0.3 is 0 Å². The first-order valence-corrected chi connectivity index (χ1v) is 5.94. The molecule has 3 nitrogen and oxygen atoms in total. The Morgan fingerprint density at radius 1 is 1.24 bits per heavy atom. The second-order valence-electron chi connectivity index (χ2n) is 4.88. The van der Waals surface area contributed by atoms with Gasteiger partial charge in [-0.2, -0.15) is 0 Å². The largest absolute Gasteiger partial charge is 0.394 e. The van der Waals surface area contributed by atoms with E-state index in [1.165, 1.54) is 0 Å². The van der Waals surface area contributed by atoms with Gasteiger partial charge in [0.2, 0.25) is 0 Å². The first kappa shape index (κ1) is 13.7. The fourth-order valence-corrected chi connectivity index (χ4v) is 1.78. The molecule has 0 saturated carbocycles. The first-order valence-electron chi connectivity index (χ1n) is 5.94. The SMILES string of the molecule is Cc1cc(C)cc(C(=O)NC(CO)C(C)C)c1. The summed E-state index contributed by atoms with van der Waals surface area (Å²) in [5.74, 6) is 0.0967. The van der Waals surface area contributed by atoms with Crippen molar-refractivity contribution in [3.8, 4) is 0 Å². The van der Waals surface area contributed by atoms with Crippen LogP contribution in [0.2, 0.25) is 0 Å². The summed E-state index contributed by atoms with van der Waals surface area (Å²) in [6.07, 6.45) is 0. The summed E-state index contributed by atoms with van der Waals surface area (Å²) in [5.41, 5.74) is 2.79. The molecular weight excluding hydrogens is 214 g/mol. The lowest BCUT2D eigenvalue weighted by molar-refractivity contribution is 0.0896. The quantitative estimate of drug-likeness (QED) is 0.839. The highest BCUT2D eigenvalue weighted by atomic mass is 16.3. The number of aryl methyl sites for hydroxylation is 2. The molecule has 1 aromatic carbocycles. The molecule has 0 radical (unpaired) electrons. The third kappa shape index (κ3) is 3.86. The number of aliphatic hydroxyl groups excluding tert-OH is 1. The van der Waals surface area contributed by atoms with Crippen molar-refractivity contribution in [1.29, 1.82) is 0 Å². The highest BCUT2D eigenvalue weighted by Gasteiger charge is 2.16. The molecule has 0 aliphatic rings. The average Bonchev–Trinajstić information content (AvgIpc) is 2.23. The lowest BCUT2D eigenvalue weighted by atomic mass is 10.0. The van der Waals surface area contributed by atoms with Gasteiger partial charge in [-0.3, -0.25) is 4.79 Å². The number of carbonyl (C=O) groups excluding carboxylic acids is 1. The number of amides is 1. The Labute approximate surface area is 103 Å². The third-order valence-electron chi connectivity index (χ3n) is 2.80. The van der Waals surface area contributed by atoms with E-state index < -0.39 is 0 Å². The maximum absolute atomic E-state index is 12.0. The number of carbonyl (C=O) groups is 1. The molecule has 0 aliphatic carbocycles. The second kappa shape index (κ2) is 5.82. The highest BCUT2D eigenvalue weighted by molar-refractivity contribution is 5.94. The van der Waals surface area contributed by atoms with Crippen molar-refractivity contribution in [2.45, 2.75) is 33.7 Å². The van der Waals surface area contributed by atoms with E-state index in [2.05, 4.69) is 5.32 Å². The lowest BCUT2D eigenvalue weighted by Crippen LogP contribution is -2.41. The standard InChI is InChI=1S/C14H21NO2/c1-9(2)13(8-16)15-14(17)12-6-10(3)5-11(4)7-12/h5-7,9,13,16H,8H2,1-4H3,(H,15,17). The number of hydrogen-bond acceptors (Lipinski definition) is 2. The van der Waals surface area contributed by atoms with Crippen LogP contribution in [0.1, 0.15) is 35.3 Å². The molecule has 3 heteroatoms. The zero-order chi connectivity index (χ0) is 13.0. The van der Waals surface area contributed by atoms with Crippen molar-refractivity contribution in [3.63, 3.8) is 0 Å². The van der Waals surface area contributed by atoms with Crippen LogP contribution in [0.3, 0.4) is 0 Å². The molecule has 0 fully saturated rings. The smallest absolute Gasteiger partial charge is 0.251 e. The Morgan fingerprint density at radius 3 is 2.18 bits per heavy atom. The first-order chi connectivity index (χ1) is 7.93. The van der Waals surface area contributed by atoms with Gasteiger partial charge in [-0.15, -0.1) is 0 Å². The molecule has 1 rings (SSSR count). The summed E-state index contributed by atoms with van der Waals surface area (Å²) in [4.78, 5) is 12.0. The molecule has 0 aliphatic heterocycles. The number of rotatable bonds is 4. The van der Waals surface area contributed by atoms with Crippen LogP contribution >= 0.6 is 0 Å². The van der Waals surface area contributed by atoms with Crippen molar-refractivity contribution in [2.75, 3.05) is 6.61 Å². The minimum absolute atomic E-state index is 0.0335. The van der Waals surface area contributed by atoms with Gasteiger partial charge in [0.25, 0.3) is 5.91 Å². The Balaban J connectivity index is 2.82. The molecule has 1 unspecified atom stereocenters. The molecule has 94 valence electrons. The van der Waals surface area contributed by atoms with Crippen LogP contribution in [-0.4, -0.2) is 23.7 Å². The maximum Gasteiger partial charge on any atom is 0.251 e. The van der Waals surface area contributed by atoms with E-state index in [-0.39, 0.29) is 24.5 Å². The predicted octanol–water partition coefficient (Wildman–Crippen LogP) is 2.05. The van der Waals surface area contributed by atoms with Crippen LogP contribution in [0.25, 0.3) is 0 Å². The van der Waals surface area contributed by atoms with Gasteiger partial charge in [0.05, 0.1) is 12.6 Å². The number of benzene rings is 1. The van der Waals surface area contributed by atoms with Gasteiger partial charge in [0, 0.05) is 5.56 Å². The van der Waals surface area contributed by atoms with Crippen molar-refractivity contribution in [2.24, 2.45) is 5.92 Å². The molecule has 1 amide bonds. The summed E-state index contributed by atoms with van der Waals surface area (Å²) in [6.45, 7) is 7.85. The van der Waals surface area contributed by atoms with Crippen LogP contribution in [0, 0.1) is 19.8 Å². The molecule has 0 heterocycles. The Kier molecular flexibility index (Phi) is 4.70. The summed E-state index contributed by atoms with van der Waals surface area (Å²) in [7, 11) is 0. The molecule has 0 spiro atoms. The third-order valence-corrected chi connectivity index (χ3v) is 2.80. The average molecular weight is 235 g/mol. The van der Waals surface area contributed by atoms with E-state index in [0.29, 0.717) is 5.56 Å². The molecule has 0 bridgehead atoms. The van der Waals surface area contributed by atoms with E-state index in [1.807, 2.05) is 45.9 Å². The van der Waals surface area contributed by atoms with Gasteiger partial charge in [-0.25, -0.2) is 0 Å². The number of nitrogens with one attached hydrogen (secondary N) is 1. The highest BCUT2D eigenvalue weighted by Crippen LogP contribution is 2.10. The number of aliphatic hydroxyl groups is 1. The summed E-state index contributed by atoms with van der Waals surface area (Å²) in [6, 6.07) is 5.56. The van der Waals surface area contributed by atoms with Gasteiger partial charge in [-0.1, -0.05) is 31.0 Å². The van der Waals surface area contributed by atoms with E-state index in [9.17, 15) is 9.90 Å². The van der Waals surface area contributed by atoms with E-state index >= 15 is 0 Å². The summed E-state index contributed by atoms with van der Waals surface area (Å²) < 4.78 is 0. The molecule has 0 aromatic heterocycles. The monoisotopic (exact) mass is 235 g/mol. The van der Waals surface area contributed by atoms with Crippen LogP contribution < -0.4 is 5.32 Å². The predicted molar refractivity (Wildman–Crippen MR) is 69.1 cm³/mol. The number of hydrogen-bond donors (Lipinski definition) is 2. The zero-order valence-corrected chi connectivity index (χ0v) is 10.9. The molecule has 2 N–H and O–H groups in total. The second-order valence-corrected chi connectivity index (χ2v) is 4.88. The van der Waals surface area contributed by atoms with E-state index in [1.54, 1.807) is 0 Å². The van der Waals surface area contributed by atoms with Crippen LogP contribution in [0.5, 0.6) is 0 Å². The maximum atomic E-state index is 12.0. The Bertz CT molecular complexity index is 379. The van der Waals surface area contributed by atoms with Gasteiger partial charge in [-0.05, 0) is 31.9 Å². The fraction of sp³-hybridized carbons (Fsp3) is 0.500. The minimum atomic E-state index is -0.191. The minimum Gasteiger partial charge on any atom is -0.394 e. The van der Waals surface area contributed by atoms with Crippen molar-refractivity contribution >= 4 is 5.91 Å². The van der Waals surface area contributed by atoms with Crippen LogP contribution in [0.15, 0.2) is 18.2 Å². The summed E-state index contributed by atoms with van der Waals surface area (Å²) in [5, 5.41) is 12.0. The normalized spacial score (nSPS) is 12.6. The Morgan fingerprint density at radius 2 is 1.76 bits per heavy atom. The van der Waals surface area contributed by atoms with Crippen molar-refractivity contribution < 1.29 is 9.90 Å². The van der Waals surface area contributed by atoms with Gasteiger partial charge < -0.3 is 10.4 Å². The zero-order valence-electron chi connectivity index (χ0n) is 10.9. The van der Waals surface area contributed by atoms with Crippen molar-refractivity contribution in [3.05, 3.63) is 34.9 Å². The van der Waals surface area contributed by atoms with Gasteiger partial charge in [0.15, 0.2) is 0 Å². The van der Waals surface area contributed by atoms with Crippen LogP contribution in [0.4, 0.5) is 0 Å². The van der Waals surface area contributed by atoms with Crippen molar-refractivity contribution in [1.82, 2.24) is 5.32 Å². The van der Waals surface area contributed by atoms with Gasteiger partial charge in [0.1, 0.15) is 0 Å². The van der Waals surface area contributed by atoms with Crippen LogP contribution in [-0.2, 0) is 0 Å². The Hall–Kier alpha value is -1.35. The summed E-state index contributed by atoms with van der Waals surface area (Å²) >= 11 is 0.